The number of hydrogen-bond donors (Lipinski definition) is 6. The molecule has 0 bridgehead atoms. The van der Waals surface area contributed by atoms with Crippen LogP contribution in [-0.4, -0.2) is 74.1 Å². The Morgan fingerprint density at radius 3 is 2.18 bits per heavy atom. The molecule has 7 nitrogen and oxygen atoms in total. The van der Waals surface area contributed by atoms with Crippen LogP contribution in [0.4, 0.5) is 0 Å². The average molecular weight is 250 g/mol. The van der Waals surface area contributed by atoms with Crippen LogP contribution >= 0.6 is 0 Å². The summed E-state index contributed by atoms with van der Waals surface area (Å²) in [7, 11) is 0. The van der Waals surface area contributed by atoms with E-state index >= 15 is 0 Å². The fourth-order valence-corrected chi connectivity index (χ4v) is 1.06. The number of carbonyl (C=O) groups is 1. The summed E-state index contributed by atoms with van der Waals surface area (Å²) in [6.45, 7) is -0.965. The smallest absolute Gasteiger partial charge is 0.196 e. The predicted octanol–water partition coefficient (Wildman–Crippen LogP) is -3.07. The van der Waals surface area contributed by atoms with Crippen molar-refractivity contribution in [1.29, 1.82) is 0 Å². The number of ketones is 1. The third-order valence-electron chi connectivity index (χ3n) is 2.10. The minimum Gasteiger partial charge on any atom is -0.396 e. The Labute approximate surface area is 98.3 Å². The van der Waals surface area contributed by atoms with Crippen molar-refractivity contribution in [2.24, 2.45) is 0 Å². The second-order valence-corrected chi connectivity index (χ2v) is 3.47. The maximum absolute atomic E-state index is 11.3. The van der Waals surface area contributed by atoms with Crippen molar-refractivity contribution in [3.8, 4) is 0 Å². The van der Waals surface area contributed by atoms with E-state index in [9.17, 15) is 20.1 Å². The number of aliphatic hydroxyl groups excluding tert-OH is 6. The lowest BCUT2D eigenvalue weighted by molar-refractivity contribution is -0.146. The summed E-state index contributed by atoms with van der Waals surface area (Å²) >= 11 is 0. The van der Waals surface area contributed by atoms with Crippen molar-refractivity contribution < 1.29 is 35.4 Å². The molecule has 0 aliphatic carbocycles. The standard InChI is InChI=1S/C10H18O7/c11-4-2-1-3-6(13)8(15)10(17)9(16)7(14)5-12/h1,3,6-7,9-14,16-17H,2,4-5H2/t6?,7-,9-,10-/m1/s1. The summed E-state index contributed by atoms with van der Waals surface area (Å²) in [5.74, 6) is -1.10. The molecular formula is C10H18O7. The molecule has 4 atom stereocenters. The highest BCUT2D eigenvalue weighted by Crippen LogP contribution is 2.05. The van der Waals surface area contributed by atoms with Gasteiger partial charge in [-0.15, -0.1) is 0 Å². The van der Waals surface area contributed by atoms with Gasteiger partial charge in [-0.25, -0.2) is 0 Å². The monoisotopic (exact) mass is 250 g/mol. The first-order valence-corrected chi connectivity index (χ1v) is 5.10. The zero-order valence-corrected chi connectivity index (χ0v) is 9.18. The Morgan fingerprint density at radius 1 is 1.12 bits per heavy atom. The van der Waals surface area contributed by atoms with Gasteiger partial charge in [0.1, 0.15) is 24.4 Å². The van der Waals surface area contributed by atoms with Gasteiger partial charge in [0.05, 0.1) is 6.61 Å². The van der Waals surface area contributed by atoms with Gasteiger partial charge in [-0.2, -0.15) is 0 Å². The van der Waals surface area contributed by atoms with Crippen molar-refractivity contribution in [2.45, 2.75) is 30.8 Å². The Bertz CT molecular complexity index is 253. The number of Topliss-reactive ketones (excluding diaryl/α,β-unsaturated/α-hetero) is 1. The molecule has 0 aliphatic heterocycles. The van der Waals surface area contributed by atoms with Crippen LogP contribution in [0, 0.1) is 0 Å². The molecule has 6 N–H and O–H groups in total. The summed E-state index contributed by atoms with van der Waals surface area (Å²) in [6, 6.07) is 0. The van der Waals surface area contributed by atoms with Gasteiger partial charge >= 0.3 is 0 Å². The zero-order chi connectivity index (χ0) is 13.4. The Balaban J connectivity index is 4.38. The fraction of sp³-hybridized carbons (Fsp3) is 0.700. The SMILES string of the molecule is O=C(C(O)C=CCCO)[C@@H](O)[C@H](O)[C@H](O)CO. The molecule has 7 heteroatoms. The minimum absolute atomic E-state index is 0.147. The number of carbonyl (C=O) groups excluding carboxylic acids is 1. The van der Waals surface area contributed by atoms with E-state index in [0.29, 0.717) is 0 Å². The van der Waals surface area contributed by atoms with Gasteiger partial charge < -0.3 is 30.6 Å². The van der Waals surface area contributed by atoms with Crippen LogP contribution in [0.3, 0.4) is 0 Å². The molecule has 0 heterocycles. The third kappa shape index (κ3) is 5.35. The Hall–Kier alpha value is -0.830. The van der Waals surface area contributed by atoms with Crippen LogP contribution in [0.2, 0.25) is 0 Å². The molecule has 0 aromatic carbocycles. The lowest BCUT2D eigenvalue weighted by Gasteiger charge is -2.21. The number of hydrogen-bond acceptors (Lipinski definition) is 7. The molecule has 0 saturated heterocycles. The van der Waals surface area contributed by atoms with Crippen molar-refractivity contribution in [3.63, 3.8) is 0 Å². The van der Waals surface area contributed by atoms with Gasteiger partial charge in [0.25, 0.3) is 0 Å². The quantitative estimate of drug-likeness (QED) is 0.251. The van der Waals surface area contributed by atoms with E-state index in [1.165, 1.54) is 6.08 Å². The summed E-state index contributed by atoms with van der Waals surface area (Å²) < 4.78 is 0. The molecule has 0 spiro atoms. The molecule has 0 amide bonds. The molecule has 0 fully saturated rings. The molecule has 0 saturated carbocycles. The highest BCUT2D eigenvalue weighted by Gasteiger charge is 2.32. The van der Waals surface area contributed by atoms with E-state index in [4.69, 9.17) is 15.3 Å². The molecular weight excluding hydrogens is 232 g/mol. The van der Waals surface area contributed by atoms with E-state index in [0.717, 1.165) is 6.08 Å². The van der Waals surface area contributed by atoms with Crippen LogP contribution in [0.15, 0.2) is 12.2 Å². The zero-order valence-electron chi connectivity index (χ0n) is 9.18. The maximum atomic E-state index is 11.3. The van der Waals surface area contributed by atoms with Gasteiger partial charge in [-0.3, -0.25) is 4.79 Å². The summed E-state index contributed by atoms with van der Waals surface area (Å²) in [5, 5.41) is 53.8. The average Bonchev–Trinajstić information content (AvgIpc) is 2.35. The lowest BCUT2D eigenvalue weighted by atomic mass is 10.0. The Kier molecular flexibility index (Phi) is 7.88. The molecule has 0 rings (SSSR count). The molecule has 1 unspecified atom stereocenters. The number of rotatable bonds is 8. The van der Waals surface area contributed by atoms with Crippen LogP contribution < -0.4 is 0 Å². The van der Waals surface area contributed by atoms with E-state index in [1.807, 2.05) is 0 Å². The van der Waals surface area contributed by atoms with Crippen LogP contribution in [0.5, 0.6) is 0 Å². The van der Waals surface area contributed by atoms with E-state index < -0.39 is 36.8 Å². The molecule has 0 aliphatic rings. The van der Waals surface area contributed by atoms with Gasteiger partial charge in [-0.05, 0) is 6.42 Å². The van der Waals surface area contributed by atoms with Gasteiger partial charge in [0, 0.05) is 6.61 Å². The maximum Gasteiger partial charge on any atom is 0.196 e. The normalized spacial score (nSPS) is 18.9. The van der Waals surface area contributed by atoms with E-state index in [1.54, 1.807) is 0 Å². The molecule has 0 aromatic heterocycles. The predicted molar refractivity (Wildman–Crippen MR) is 57.0 cm³/mol. The van der Waals surface area contributed by atoms with Gasteiger partial charge in [0.2, 0.25) is 0 Å². The van der Waals surface area contributed by atoms with E-state index in [-0.39, 0.29) is 13.0 Å². The highest BCUT2D eigenvalue weighted by molar-refractivity contribution is 5.89. The van der Waals surface area contributed by atoms with Crippen molar-refractivity contribution in [2.75, 3.05) is 13.2 Å². The molecule has 0 radical (unpaired) electrons. The van der Waals surface area contributed by atoms with Crippen molar-refractivity contribution >= 4 is 5.78 Å². The first kappa shape index (κ1) is 16.2. The number of aliphatic hydroxyl groups is 6. The van der Waals surface area contributed by atoms with Gasteiger partial charge in [0.15, 0.2) is 5.78 Å². The summed E-state index contributed by atoms with van der Waals surface area (Å²) in [4.78, 5) is 11.3. The van der Waals surface area contributed by atoms with E-state index in [2.05, 4.69) is 0 Å². The van der Waals surface area contributed by atoms with Crippen LogP contribution in [0.25, 0.3) is 0 Å². The summed E-state index contributed by atoms with van der Waals surface area (Å²) in [6.07, 6.45) is -4.54. The van der Waals surface area contributed by atoms with Gasteiger partial charge in [-0.1, -0.05) is 12.2 Å². The van der Waals surface area contributed by atoms with Crippen molar-refractivity contribution in [3.05, 3.63) is 12.2 Å². The molecule has 17 heavy (non-hydrogen) atoms. The minimum atomic E-state index is -1.99. The highest BCUT2D eigenvalue weighted by atomic mass is 16.4. The van der Waals surface area contributed by atoms with Crippen LogP contribution in [0.1, 0.15) is 6.42 Å². The van der Waals surface area contributed by atoms with Crippen LogP contribution in [-0.2, 0) is 4.79 Å². The second kappa shape index (κ2) is 8.29. The summed E-state index contributed by atoms with van der Waals surface area (Å²) in [5.41, 5.74) is 0. The lowest BCUT2D eigenvalue weighted by Crippen LogP contribution is -2.46. The third-order valence-corrected chi connectivity index (χ3v) is 2.10. The molecule has 0 aromatic rings. The first-order chi connectivity index (χ1) is 7.95. The topological polar surface area (TPSA) is 138 Å². The fourth-order valence-electron chi connectivity index (χ4n) is 1.06. The largest absolute Gasteiger partial charge is 0.396 e. The molecule has 100 valence electrons. The first-order valence-electron chi connectivity index (χ1n) is 5.10. The van der Waals surface area contributed by atoms with Crippen molar-refractivity contribution in [1.82, 2.24) is 0 Å². The second-order valence-electron chi connectivity index (χ2n) is 3.47. The Morgan fingerprint density at radius 2 is 1.71 bits per heavy atom.